The first-order valence-corrected chi connectivity index (χ1v) is 32.8. The molecule has 16 nitrogen and oxygen atoms in total. The number of nitrogens with zero attached hydrogens (tertiary/aromatic N) is 2. The Morgan fingerprint density at radius 2 is 1.37 bits per heavy atom. The van der Waals surface area contributed by atoms with Crippen molar-refractivity contribution in [3.63, 3.8) is 0 Å². The standard InChI is InChI=1S/C64H106N2O14P/c1-13-54-64(9,73)58(69)46(5)66(56(67)33-27-19-17-15-14-16-18-20-28-34-81(51-41-75-42-51,49-29-23-21-24-30-49)50-31-25-22-26-32-50)39-43(2)37-62(7,72)55(80-61-57(68)52(65(10)11)35-44(3)77-61)36-53(45(4)60(71)79-54)76-40-48-38-63(8,74-12)59(70)47(6)78-48/h21-26,29-32,43-48,51-55,57-59,61,68-70,72-73H,13-20,27-28,33-42H2,1-12H3/q+1/t43-,44-,45-,46-,47+,48-,52+,53+,54-,55-,57-,58-,59+,61+,62-,63-,64-/m1/s1. The van der Waals surface area contributed by atoms with Crippen LogP contribution in [0.15, 0.2) is 60.7 Å². The molecule has 4 heterocycles. The van der Waals surface area contributed by atoms with E-state index < -0.39 is 97.1 Å². The van der Waals surface area contributed by atoms with Crippen LogP contribution in [0.5, 0.6) is 0 Å². The molecule has 0 spiro atoms. The molecule has 17 heteroatoms. The fourth-order valence-corrected chi connectivity index (χ4v) is 18.3. The SMILES string of the molecule is CC[C@H]1OC(=O)[C@H](C)[C@@H](OC[C@H]2C[C@@](C)(OC)[C@@H](O)[C@H](C)O2)C[C@@H](O[C@@H]2O[C@H](C)C[C@H](N(C)C)[C@H]2O)[C@](C)(O)C[C@@H](C)CN(C(=O)CCCCCCCCCCC[P+](c2ccccc2)(c2ccccc2)C2COC2)[C@H](C)[C@@H](O)[C@]1(C)O. The summed E-state index contributed by atoms with van der Waals surface area (Å²) < 4.78 is 43.6. The zero-order valence-corrected chi connectivity index (χ0v) is 52.2. The van der Waals surface area contributed by atoms with E-state index in [1.807, 2.05) is 39.8 Å². The van der Waals surface area contributed by atoms with E-state index in [2.05, 4.69) is 60.7 Å². The largest absolute Gasteiger partial charge is 0.459 e. The summed E-state index contributed by atoms with van der Waals surface area (Å²) in [5.41, 5.74) is -4.01. The number of unbranched alkanes of at least 4 members (excludes halogenated alkanes) is 8. The molecule has 4 fully saturated rings. The Labute approximate surface area is 486 Å². The van der Waals surface area contributed by atoms with Gasteiger partial charge in [0.15, 0.2) is 6.29 Å². The maximum absolute atomic E-state index is 14.5. The minimum absolute atomic E-state index is 0.0153. The Morgan fingerprint density at radius 3 is 1.91 bits per heavy atom. The molecule has 4 aliphatic heterocycles. The lowest BCUT2D eigenvalue weighted by molar-refractivity contribution is -0.292. The summed E-state index contributed by atoms with van der Waals surface area (Å²) in [5.74, 6) is -2.27. The van der Waals surface area contributed by atoms with Crippen molar-refractivity contribution < 1.29 is 68.3 Å². The van der Waals surface area contributed by atoms with Crippen LogP contribution in [-0.2, 0) is 42.7 Å². The lowest BCUT2D eigenvalue weighted by atomic mass is 9.83. The maximum atomic E-state index is 14.5. The summed E-state index contributed by atoms with van der Waals surface area (Å²) in [7, 11) is 3.69. The lowest BCUT2D eigenvalue weighted by Gasteiger charge is -2.46. The molecule has 0 aromatic heterocycles. The van der Waals surface area contributed by atoms with E-state index in [1.54, 1.807) is 46.6 Å². The quantitative estimate of drug-likeness (QED) is 0.0414. The summed E-state index contributed by atoms with van der Waals surface area (Å²) in [6.45, 7) is 17.5. The number of aliphatic hydroxyl groups excluding tert-OH is 3. The minimum atomic E-state index is -1.98. The number of cyclic esters (lactones) is 1. The normalized spacial score (nSPS) is 36.1. The number of ether oxygens (including phenoxy) is 7. The zero-order chi connectivity index (χ0) is 59.3. The van der Waals surface area contributed by atoms with Crippen molar-refractivity contribution in [3.8, 4) is 0 Å². The van der Waals surface area contributed by atoms with Crippen LogP contribution in [0.25, 0.3) is 0 Å². The van der Waals surface area contributed by atoms with Crippen molar-refractivity contribution >= 4 is 29.7 Å². The van der Waals surface area contributed by atoms with Gasteiger partial charge in [-0.05, 0) is 131 Å². The van der Waals surface area contributed by atoms with Crippen molar-refractivity contribution in [2.24, 2.45) is 11.8 Å². The van der Waals surface area contributed by atoms with Crippen LogP contribution in [0.3, 0.4) is 0 Å². The van der Waals surface area contributed by atoms with Crippen LogP contribution >= 0.6 is 7.26 Å². The number of methoxy groups -OCH3 is 1. The number of likely N-dealkylation sites (N-methyl/N-ethyl adjacent to an activating group) is 1. The van der Waals surface area contributed by atoms with Gasteiger partial charge in [-0.2, -0.15) is 0 Å². The summed E-state index contributed by atoms with van der Waals surface area (Å²) in [6, 6.07) is 21.1. The second-order valence-electron chi connectivity index (χ2n) is 25.6. The van der Waals surface area contributed by atoms with E-state index >= 15 is 0 Å². The topological polar surface area (TPSA) is 206 Å². The summed E-state index contributed by atoms with van der Waals surface area (Å²) in [5, 5.41) is 62.9. The number of hydrogen-bond acceptors (Lipinski definition) is 15. The number of esters is 1. The molecule has 5 N–H and O–H groups in total. The molecule has 1 amide bonds. The Bertz CT molecular complexity index is 2150. The third-order valence-corrected chi connectivity index (χ3v) is 23.7. The first-order chi connectivity index (χ1) is 38.4. The van der Waals surface area contributed by atoms with Gasteiger partial charge in [-0.1, -0.05) is 88.8 Å². The van der Waals surface area contributed by atoms with Gasteiger partial charge in [0.05, 0.1) is 97.5 Å². The number of amides is 1. The third-order valence-electron chi connectivity index (χ3n) is 18.7. The highest BCUT2D eigenvalue weighted by Crippen LogP contribution is 2.63. The van der Waals surface area contributed by atoms with E-state index in [4.69, 9.17) is 33.2 Å². The van der Waals surface area contributed by atoms with Crippen LogP contribution in [0, 0.1) is 11.8 Å². The average molecular weight is 1160 g/mol. The van der Waals surface area contributed by atoms with E-state index in [1.165, 1.54) is 49.4 Å². The average Bonchev–Trinajstić information content (AvgIpc) is 3.42. The summed E-state index contributed by atoms with van der Waals surface area (Å²) >= 11 is 0. The fourth-order valence-electron chi connectivity index (χ4n) is 13.4. The molecule has 17 atom stereocenters. The number of hydrogen-bond donors (Lipinski definition) is 5. The van der Waals surface area contributed by atoms with Crippen molar-refractivity contribution in [2.75, 3.05) is 53.7 Å². The number of carbonyl (C=O) groups excluding carboxylic acids is 2. The van der Waals surface area contributed by atoms with E-state index in [0.29, 0.717) is 24.9 Å². The number of aliphatic hydroxyl groups is 5. The van der Waals surface area contributed by atoms with E-state index in [9.17, 15) is 35.1 Å². The van der Waals surface area contributed by atoms with Crippen molar-refractivity contribution in [1.29, 1.82) is 0 Å². The van der Waals surface area contributed by atoms with Gasteiger partial charge in [-0.25, -0.2) is 0 Å². The molecule has 0 saturated carbocycles. The maximum Gasteiger partial charge on any atom is 0.311 e. The van der Waals surface area contributed by atoms with Gasteiger partial charge in [-0.15, -0.1) is 0 Å². The highest BCUT2D eigenvalue weighted by Gasteiger charge is 2.54. The van der Waals surface area contributed by atoms with Gasteiger partial charge >= 0.3 is 5.97 Å². The van der Waals surface area contributed by atoms with Gasteiger partial charge in [0, 0.05) is 39.0 Å². The van der Waals surface area contributed by atoms with Crippen molar-refractivity contribution in [3.05, 3.63) is 60.7 Å². The highest BCUT2D eigenvalue weighted by molar-refractivity contribution is 7.90. The van der Waals surface area contributed by atoms with Gasteiger partial charge in [-0.3, -0.25) is 9.59 Å². The molecule has 6 rings (SSSR count). The second kappa shape index (κ2) is 30.6. The smallest absolute Gasteiger partial charge is 0.311 e. The number of benzene rings is 2. The number of carbonyl (C=O) groups is 2. The molecular formula is C64H106N2O14P+. The predicted molar refractivity (Wildman–Crippen MR) is 318 cm³/mol. The van der Waals surface area contributed by atoms with Crippen LogP contribution < -0.4 is 10.6 Å². The number of rotatable bonds is 23. The molecule has 0 unspecified atom stereocenters. The molecule has 0 radical (unpaired) electrons. The minimum Gasteiger partial charge on any atom is -0.459 e. The van der Waals surface area contributed by atoms with Gasteiger partial charge in [0.25, 0.3) is 0 Å². The molecular weight excluding hydrogens is 1050 g/mol. The van der Waals surface area contributed by atoms with E-state index in [-0.39, 0.29) is 62.8 Å². The van der Waals surface area contributed by atoms with Crippen LogP contribution in [0.4, 0.5) is 0 Å². The fraction of sp³-hybridized carbons (Fsp3) is 0.781. The van der Waals surface area contributed by atoms with Crippen LogP contribution in [0.1, 0.15) is 159 Å². The predicted octanol–water partition coefficient (Wildman–Crippen LogP) is 7.56. The second-order valence-corrected chi connectivity index (χ2v) is 29.5. The molecule has 0 bridgehead atoms. The Hall–Kier alpha value is -2.67. The Morgan fingerprint density at radius 1 is 0.790 bits per heavy atom. The molecule has 460 valence electrons. The lowest BCUT2D eigenvalue weighted by Crippen LogP contribution is -2.60. The van der Waals surface area contributed by atoms with Crippen molar-refractivity contribution in [2.45, 2.75) is 254 Å². The molecule has 0 aliphatic carbocycles. The van der Waals surface area contributed by atoms with Gasteiger partial charge in [0.1, 0.15) is 35.7 Å². The van der Waals surface area contributed by atoms with Crippen LogP contribution in [0.2, 0.25) is 0 Å². The third kappa shape index (κ3) is 17.1. The Kier molecular flexibility index (Phi) is 25.5. The van der Waals surface area contributed by atoms with E-state index in [0.717, 1.165) is 38.9 Å². The Balaban J connectivity index is 1.12. The van der Waals surface area contributed by atoms with Gasteiger partial charge < -0.3 is 68.5 Å². The van der Waals surface area contributed by atoms with Crippen LogP contribution in [-0.4, -0.2) is 197 Å². The molecule has 4 aliphatic rings. The van der Waals surface area contributed by atoms with Crippen molar-refractivity contribution in [1.82, 2.24) is 9.80 Å². The first kappa shape index (κ1) is 67.5. The molecule has 81 heavy (non-hydrogen) atoms. The summed E-state index contributed by atoms with van der Waals surface area (Å²) in [6.07, 6.45) is 2.64. The zero-order valence-electron chi connectivity index (χ0n) is 51.3. The molecule has 2 aromatic rings. The monoisotopic (exact) mass is 1160 g/mol. The molecule has 2 aromatic carbocycles. The van der Waals surface area contributed by atoms with Gasteiger partial charge in [0.2, 0.25) is 5.91 Å². The molecule has 4 saturated heterocycles. The first-order valence-electron chi connectivity index (χ1n) is 30.7. The summed E-state index contributed by atoms with van der Waals surface area (Å²) in [4.78, 5) is 32.6. The highest BCUT2D eigenvalue weighted by atomic mass is 31.2.